The van der Waals surface area contributed by atoms with Crippen molar-refractivity contribution in [3.63, 3.8) is 0 Å². The van der Waals surface area contributed by atoms with E-state index in [9.17, 15) is 13.2 Å². The molecule has 0 aliphatic heterocycles. The van der Waals surface area contributed by atoms with Crippen LogP contribution in [-0.2, 0) is 14.8 Å². The Morgan fingerprint density at radius 3 is 2.38 bits per heavy atom. The summed E-state index contributed by atoms with van der Waals surface area (Å²) in [5, 5.41) is 11.3. The minimum atomic E-state index is -3.70. The van der Waals surface area contributed by atoms with E-state index in [1.165, 1.54) is 31.3 Å². The molecule has 6 nitrogen and oxygen atoms in total. The van der Waals surface area contributed by atoms with Crippen molar-refractivity contribution in [2.24, 2.45) is 0 Å². The number of likely N-dealkylation sites (N-methyl/N-ethyl adjacent to an activating group) is 1. The van der Waals surface area contributed by atoms with E-state index in [4.69, 9.17) is 5.11 Å². The zero-order valence-electron chi connectivity index (χ0n) is 8.60. The van der Waals surface area contributed by atoms with Gasteiger partial charge in [-0.15, -0.1) is 0 Å². The van der Waals surface area contributed by atoms with Crippen LogP contribution in [0.25, 0.3) is 0 Å². The van der Waals surface area contributed by atoms with Crippen LogP contribution in [0.1, 0.15) is 0 Å². The van der Waals surface area contributed by atoms with Gasteiger partial charge in [-0.1, -0.05) is 0 Å². The first-order valence-electron chi connectivity index (χ1n) is 4.45. The van der Waals surface area contributed by atoms with E-state index >= 15 is 0 Å². The van der Waals surface area contributed by atoms with E-state index in [2.05, 4.69) is 10.0 Å². The van der Waals surface area contributed by atoms with Crippen molar-refractivity contribution >= 4 is 15.9 Å². The summed E-state index contributed by atoms with van der Waals surface area (Å²) >= 11 is 0. The lowest BCUT2D eigenvalue weighted by atomic mass is 10.3. The Kier molecular flexibility index (Phi) is 3.86. The Morgan fingerprint density at radius 2 is 1.88 bits per heavy atom. The maximum absolute atomic E-state index is 11.6. The number of rotatable bonds is 4. The highest BCUT2D eigenvalue weighted by Crippen LogP contribution is 2.13. The molecule has 3 N–H and O–H groups in total. The molecule has 1 amide bonds. The SMILES string of the molecule is CNC(=O)CNS(=O)(=O)c1ccc(O)cc1. The lowest BCUT2D eigenvalue weighted by Gasteiger charge is -2.05. The second-order valence-electron chi connectivity index (χ2n) is 2.99. The molecule has 0 saturated carbocycles. The Bertz CT molecular complexity index is 467. The Hall–Kier alpha value is -1.60. The molecule has 0 atom stereocenters. The van der Waals surface area contributed by atoms with Crippen molar-refractivity contribution in [1.82, 2.24) is 10.0 Å². The third-order valence-electron chi connectivity index (χ3n) is 1.85. The summed E-state index contributed by atoms with van der Waals surface area (Å²) in [7, 11) is -2.29. The van der Waals surface area contributed by atoms with E-state index in [0.29, 0.717) is 0 Å². The quantitative estimate of drug-likeness (QED) is 0.660. The predicted molar refractivity (Wildman–Crippen MR) is 57.4 cm³/mol. The molecule has 7 heteroatoms. The fourth-order valence-electron chi connectivity index (χ4n) is 0.958. The summed E-state index contributed by atoms with van der Waals surface area (Å²) in [6, 6.07) is 5.02. The van der Waals surface area contributed by atoms with Crippen LogP contribution in [0.2, 0.25) is 0 Å². The van der Waals surface area contributed by atoms with Gasteiger partial charge in [-0.05, 0) is 24.3 Å². The number of phenols is 1. The predicted octanol–water partition coefficient (Wildman–Crippen LogP) is -0.584. The van der Waals surface area contributed by atoms with Crippen molar-refractivity contribution in [3.8, 4) is 5.75 Å². The molecule has 1 rings (SSSR count). The first-order valence-corrected chi connectivity index (χ1v) is 5.93. The van der Waals surface area contributed by atoms with Gasteiger partial charge >= 0.3 is 0 Å². The number of carbonyl (C=O) groups excluding carboxylic acids is 1. The molecule has 1 aromatic rings. The van der Waals surface area contributed by atoms with Crippen LogP contribution in [0, 0.1) is 0 Å². The van der Waals surface area contributed by atoms with Gasteiger partial charge in [-0.3, -0.25) is 4.79 Å². The van der Waals surface area contributed by atoms with Crippen LogP contribution in [0.15, 0.2) is 29.2 Å². The van der Waals surface area contributed by atoms with Crippen molar-refractivity contribution in [3.05, 3.63) is 24.3 Å². The molecular formula is C9H12N2O4S. The van der Waals surface area contributed by atoms with Crippen molar-refractivity contribution in [2.75, 3.05) is 13.6 Å². The zero-order chi connectivity index (χ0) is 12.2. The average molecular weight is 244 g/mol. The number of aromatic hydroxyl groups is 1. The van der Waals surface area contributed by atoms with Crippen molar-refractivity contribution < 1.29 is 18.3 Å². The third-order valence-corrected chi connectivity index (χ3v) is 3.27. The second kappa shape index (κ2) is 4.95. The molecule has 0 aliphatic rings. The van der Waals surface area contributed by atoms with E-state index in [1.54, 1.807) is 0 Å². The van der Waals surface area contributed by atoms with Gasteiger partial charge in [0.2, 0.25) is 15.9 Å². The molecule has 0 aliphatic carbocycles. The van der Waals surface area contributed by atoms with E-state index < -0.39 is 15.9 Å². The first kappa shape index (κ1) is 12.5. The highest BCUT2D eigenvalue weighted by atomic mass is 32.2. The zero-order valence-corrected chi connectivity index (χ0v) is 9.41. The minimum Gasteiger partial charge on any atom is -0.508 e. The number of hydrogen-bond acceptors (Lipinski definition) is 4. The molecule has 0 radical (unpaired) electrons. The fraction of sp³-hybridized carbons (Fsp3) is 0.222. The summed E-state index contributed by atoms with van der Waals surface area (Å²) in [6.45, 7) is -0.320. The third kappa shape index (κ3) is 3.21. The van der Waals surface area contributed by atoms with Gasteiger partial charge in [0.15, 0.2) is 0 Å². The van der Waals surface area contributed by atoms with Crippen LogP contribution in [-0.4, -0.2) is 33.0 Å². The van der Waals surface area contributed by atoms with Crippen molar-refractivity contribution in [1.29, 1.82) is 0 Å². The number of nitrogens with one attached hydrogen (secondary N) is 2. The largest absolute Gasteiger partial charge is 0.508 e. The van der Waals surface area contributed by atoms with Gasteiger partial charge < -0.3 is 10.4 Å². The van der Waals surface area contributed by atoms with Crippen LogP contribution in [0.3, 0.4) is 0 Å². The summed E-state index contributed by atoms with van der Waals surface area (Å²) in [5.41, 5.74) is 0. The monoisotopic (exact) mass is 244 g/mol. The Morgan fingerprint density at radius 1 is 1.31 bits per heavy atom. The fourth-order valence-corrected chi connectivity index (χ4v) is 1.94. The van der Waals surface area contributed by atoms with Gasteiger partial charge in [0.05, 0.1) is 11.4 Å². The first-order chi connectivity index (χ1) is 7.45. The van der Waals surface area contributed by atoms with Gasteiger partial charge in [0, 0.05) is 7.05 Å². The smallest absolute Gasteiger partial charge is 0.241 e. The van der Waals surface area contributed by atoms with Crippen LogP contribution in [0.5, 0.6) is 5.75 Å². The molecular weight excluding hydrogens is 232 g/mol. The van der Waals surface area contributed by atoms with Crippen LogP contribution < -0.4 is 10.0 Å². The summed E-state index contributed by atoms with van der Waals surface area (Å²) in [6.07, 6.45) is 0. The number of benzene rings is 1. The number of amides is 1. The standard InChI is InChI=1S/C9H12N2O4S/c1-10-9(13)6-11-16(14,15)8-4-2-7(12)3-5-8/h2-5,11-12H,6H2,1H3,(H,10,13). The number of carbonyl (C=O) groups is 1. The molecule has 0 unspecified atom stereocenters. The summed E-state index contributed by atoms with van der Waals surface area (Å²) in [5.74, 6) is -0.451. The number of sulfonamides is 1. The molecule has 0 fully saturated rings. The lowest BCUT2D eigenvalue weighted by molar-refractivity contribution is -0.119. The highest BCUT2D eigenvalue weighted by Gasteiger charge is 2.14. The van der Waals surface area contributed by atoms with Gasteiger partial charge in [-0.25, -0.2) is 13.1 Å². The van der Waals surface area contributed by atoms with E-state index in [-0.39, 0.29) is 17.2 Å². The summed E-state index contributed by atoms with van der Waals surface area (Å²) < 4.78 is 25.3. The number of hydrogen-bond donors (Lipinski definition) is 3. The molecule has 0 aromatic heterocycles. The topological polar surface area (TPSA) is 95.5 Å². The van der Waals surface area contributed by atoms with Crippen LogP contribution in [0.4, 0.5) is 0 Å². The lowest BCUT2D eigenvalue weighted by Crippen LogP contribution is -2.35. The maximum atomic E-state index is 11.6. The molecule has 0 spiro atoms. The van der Waals surface area contributed by atoms with Crippen molar-refractivity contribution in [2.45, 2.75) is 4.90 Å². The Labute approximate surface area is 93.3 Å². The normalized spacial score (nSPS) is 11.1. The van der Waals surface area contributed by atoms with E-state index in [0.717, 1.165) is 0 Å². The molecule has 0 bridgehead atoms. The van der Waals surface area contributed by atoms with Gasteiger partial charge in [0.1, 0.15) is 5.75 Å². The maximum Gasteiger partial charge on any atom is 0.241 e. The molecule has 0 heterocycles. The average Bonchev–Trinajstić information content (AvgIpc) is 2.26. The molecule has 0 saturated heterocycles. The van der Waals surface area contributed by atoms with Gasteiger partial charge in [0.25, 0.3) is 0 Å². The van der Waals surface area contributed by atoms with Crippen LogP contribution >= 0.6 is 0 Å². The second-order valence-corrected chi connectivity index (χ2v) is 4.76. The molecule has 1 aromatic carbocycles. The highest BCUT2D eigenvalue weighted by molar-refractivity contribution is 7.89. The van der Waals surface area contributed by atoms with Gasteiger partial charge in [-0.2, -0.15) is 0 Å². The summed E-state index contributed by atoms with van der Waals surface area (Å²) in [4.78, 5) is 10.9. The minimum absolute atomic E-state index is 0.00537. The Balaban J connectivity index is 2.78. The number of phenolic OH excluding ortho intramolecular Hbond substituents is 1. The molecule has 16 heavy (non-hydrogen) atoms. The molecule has 88 valence electrons. The van der Waals surface area contributed by atoms with E-state index in [1.807, 2.05) is 0 Å².